The third-order valence-corrected chi connectivity index (χ3v) is 3.99. The lowest BCUT2D eigenvalue weighted by Gasteiger charge is -2.12. The van der Waals surface area contributed by atoms with Gasteiger partial charge in [0.15, 0.2) is 0 Å². The zero-order chi connectivity index (χ0) is 15.5. The number of aromatic nitrogens is 2. The average Bonchev–Trinajstić information content (AvgIpc) is 2.74. The molecule has 0 aliphatic carbocycles. The number of nitrogens with one attached hydrogen (secondary N) is 1. The minimum atomic E-state index is -3.61. The van der Waals surface area contributed by atoms with Crippen molar-refractivity contribution < 1.29 is 12.8 Å². The van der Waals surface area contributed by atoms with Crippen LogP contribution in [0.5, 0.6) is 0 Å². The molecule has 7 heteroatoms. The SMILES string of the molecule is CC(C)Cn1nccc1NS(=O)(=O)Cc1cccc(F)c1. The van der Waals surface area contributed by atoms with Crippen LogP contribution in [0.4, 0.5) is 10.2 Å². The Bertz CT molecular complexity index is 711. The molecular weight excluding hydrogens is 293 g/mol. The van der Waals surface area contributed by atoms with Crippen molar-refractivity contribution in [3.63, 3.8) is 0 Å². The van der Waals surface area contributed by atoms with E-state index in [0.29, 0.717) is 23.8 Å². The number of sulfonamides is 1. The summed E-state index contributed by atoms with van der Waals surface area (Å²) in [5.41, 5.74) is 0.400. The highest BCUT2D eigenvalue weighted by molar-refractivity contribution is 7.91. The fraction of sp³-hybridized carbons (Fsp3) is 0.357. The van der Waals surface area contributed by atoms with Crippen molar-refractivity contribution in [3.8, 4) is 0 Å². The maximum absolute atomic E-state index is 13.1. The Morgan fingerprint density at radius 3 is 2.76 bits per heavy atom. The Kier molecular flexibility index (Phi) is 4.62. The van der Waals surface area contributed by atoms with Crippen LogP contribution in [0.15, 0.2) is 36.5 Å². The Morgan fingerprint density at radius 2 is 2.10 bits per heavy atom. The van der Waals surface area contributed by atoms with Gasteiger partial charge in [-0.1, -0.05) is 26.0 Å². The van der Waals surface area contributed by atoms with Crippen molar-refractivity contribution in [2.24, 2.45) is 5.92 Å². The lowest BCUT2D eigenvalue weighted by atomic mass is 10.2. The molecule has 0 unspecified atom stereocenters. The summed E-state index contributed by atoms with van der Waals surface area (Å²) >= 11 is 0. The van der Waals surface area contributed by atoms with Crippen LogP contribution in [0, 0.1) is 11.7 Å². The Labute approximate surface area is 123 Å². The zero-order valence-electron chi connectivity index (χ0n) is 12.0. The van der Waals surface area contributed by atoms with Crippen LogP contribution in [0.25, 0.3) is 0 Å². The van der Waals surface area contributed by atoms with Crippen LogP contribution in [-0.2, 0) is 22.3 Å². The van der Waals surface area contributed by atoms with Crippen LogP contribution in [0.3, 0.4) is 0 Å². The molecule has 2 rings (SSSR count). The van der Waals surface area contributed by atoms with Gasteiger partial charge in [-0.2, -0.15) is 5.10 Å². The maximum atomic E-state index is 13.1. The molecule has 1 aromatic heterocycles. The molecule has 0 spiro atoms. The molecule has 0 aliphatic heterocycles. The van der Waals surface area contributed by atoms with E-state index >= 15 is 0 Å². The van der Waals surface area contributed by atoms with Crippen LogP contribution >= 0.6 is 0 Å². The lowest BCUT2D eigenvalue weighted by molar-refractivity contribution is 0.488. The molecule has 0 bridgehead atoms. The maximum Gasteiger partial charge on any atom is 0.238 e. The monoisotopic (exact) mass is 311 g/mol. The summed E-state index contributed by atoms with van der Waals surface area (Å²) in [4.78, 5) is 0. The summed E-state index contributed by atoms with van der Waals surface area (Å²) in [7, 11) is -3.61. The highest BCUT2D eigenvalue weighted by Crippen LogP contribution is 2.14. The fourth-order valence-electron chi connectivity index (χ4n) is 1.95. The molecule has 0 saturated carbocycles. The Hall–Kier alpha value is -1.89. The highest BCUT2D eigenvalue weighted by atomic mass is 32.2. The molecule has 1 aromatic carbocycles. The van der Waals surface area contributed by atoms with Crippen LogP contribution < -0.4 is 4.72 Å². The standard InChI is InChI=1S/C14H18FN3O2S/c1-11(2)9-18-14(6-7-16-18)17-21(19,20)10-12-4-3-5-13(15)8-12/h3-8,11,17H,9-10H2,1-2H3. The molecule has 21 heavy (non-hydrogen) atoms. The van der Waals surface area contributed by atoms with E-state index < -0.39 is 15.8 Å². The van der Waals surface area contributed by atoms with E-state index in [1.165, 1.54) is 18.2 Å². The van der Waals surface area contributed by atoms with Crippen molar-refractivity contribution >= 4 is 15.8 Å². The fourth-order valence-corrected chi connectivity index (χ4v) is 3.13. The van der Waals surface area contributed by atoms with E-state index in [1.807, 2.05) is 13.8 Å². The first kappa shape index (κ1) is 15.5. The number of hydrogen-bond acceptors (Lipinski definition) is 3. The summed E-state index contributed by atoms with van der Waals surface area (Å²) in [6.07, 6.45) is 1.54. The second kappa shape index (κ2) is 6.26. The normalized spacial score (nSPS) is 11.8. The van der Waals surface area contributed by atoms with Gasteiger partial charge >= 0.3 is 0 Å². The van der Waals surface area contributed by atoms with Gasteiger partial charge in [0.25, 0.3) is 0 Å². The second-order valence-corrected chi connectivity index (χ2v) is 7.01. The summed E-state index contributed by atoms with van der Waals surface area (Å²) in [6, 6.07) is 7.16. The minimum absolute atomic E-state index is 0.280. The molecule has 5 nitrogen and oxygen atoms in total. The van der Waals surface area contributed by atoms with Crippen LogP contribution in [0.2, 0.25) is 0 Å². The molecule has 0 fully saturated rings. The van der Waals surface area contributed by atoms with Gasteiger partial charge in [0.2, 0.25) is 10.0 Å². The molecule has 0 aliphatic rings. The van der Waals surface area contributed by atoms with Gasteiger partial charge in [-0.05, 0) is 23.6 Å². The Morgan fingerprint density at radius 1 is 1.33 bits per heavy atom. The smallest absolute Gasteiger partial charge is 0.238 e. The molecule has 2 aromatic rings. The molecule has 114 valence electrons. The number of nitrogens with zero attached hydrogens (tertiary/aromatic N) is 2. The van der Waals surface area contributed by atoms with E-state index in [1.54, 1.807) is 23.0 Å². The molecule has 0 amide bonds. The van der Waals surface area contributed by atoms with E-state index in [0.717, 1.165) is 0 Å². The number of benzene rings is 1. The first-order valence-corrected chi connectivity index (χ1v) is 8.28. The predicted octanol–water partition coefficient (Wildman–Crippen LogP) is 2.62. The van der Waals surface area contributed by atoms with E-state index in [9.17, 15) is 12.8 Å². The van der Waals surface area contributed by atoms with E-state index in [4.69, 9.17) is 0 Å². The molecule has 1 N–H and O–H groups in total. The highest BCUT2D eigenvalue weighted by Gasteiger charge is 2.15. The van der Waals surface area contributed by atoms with Crippen molar-refractivity contribution in [2.45, 2.75) is 26.1 Å². The van der Waals surface area contributed by atoms with Gasteiger partial charge in [-0.15, -0.1) is 0 Å². The van der Waals surface area contributed by atoms with Crippen LogP contribution in [-0.4, -0.2) is 18.2 Å². The lowest BCUT2D eigenvalue weighted by Crippen LogP contribution is -2.19. The van der Waals surface area contributed by atoms with Gasteiger partial charge in [0.1, 0.15) is 11.6 Å². The molecule has 0 atom stereocenters. The third-order valence-electron chi connectivity index (χ3n) is 2.76. The minimum Gasteiger partial charge on any atom is -0.267 e. The van der Waals surface area contributed by atoms with Crippen molar-refractivity contribution in [1.29, 1.82) is 0 Å². The predicted molar refractivity (Wildman–Crippen MR) is 79.7 cm³/mol. The van der Waals surface area contributed by atoms with E-state index in [-0.39, 0.29) is 5.75 Å². The zero-order valence-corrected chi connectivity index (χ0v) is 12.8. The number of hydrogen-bond donors (Lipinski definition) is 1. The summed E-state index contributed by atoms with van der Waals surface area (Å²) in [5, 5.41) is 4.09. The first-order valence-electron chi connectivity index (χ1n) is 6.62. The number of rotatable bonds is 6. The molecule has 0 saturated heterocycles. The largest absolute Gasteiger partial charge is 0.267 e. The third kappa shape index (κ3) is 4.56. The number of anilines is 1. The van der Waals surface area contributed by atoms with Crippen LogP contribution in [0.1, 0.15) is 19.4 Å². The first-order chi connectivity index (χ1) is 9.85. The van der Waals surface area contributed by atoms with Gasteiger partial charge in [-0.25, -0.2) is 17.5 Å². The average molecular weight is 311 g/mol. The van der Waals surface area contributed by atoms with Gasteiger partial charge in [-0.3, -0.25) is 4.72 Å². The summed E-state index contributed by atoms with van der Waals surface area (Å²) in [5.74, 6) is 0.0291. The quantitative estimate of drug-likeness (QED) is 0.892. The van der Waals surface area contributed by atoms with E-state index in [2.05, 4.69) is 9.82 Å². The van der Waals surface area contributed by atoms with Crippen molar-refractivity contribution in [3.05, 3.63) is 47.9 Å². The van der Waals surface area contributed by atoms with Gasteiger partial charge in [0.05, 0.1) is 11.9 Å². The molecule has 0 radical (unpaired) electrons. The second-order valence-electron chi connectivity index (χ2n) is 5.28. The van der Waals surface area contributed by atoms with Gasteiger partial charge in [0, 0.05) is 12.6 Å². The number of halogens is 1. The Balaban J connectivity index is 2.13. The summed E-state index contributed by atoms with van der Waals surface area (Å²) in [6.45, 7) is 4.66. The van der Waals surface area contributed by atoms with Gasteiger partial charge < -0.3 is 0 Å². The topological polar surface area (TPSA) is 64.0 Å². The molecule has 1 heterocycles. The summed E-state index contributed by atoms with van der Waals surface area (Å²) < 4.78 is 41.5. The van der Waals surface area contributed by atoms with Crippen molar-refractivity contribution in [1.82, 2.24) is 9.78 Å². The molecular formula is C14H18FN3O2S. The van der Waals surface area contributed by atoms with Crippen molar-refractivity contribution in [2.75, 3.05) is 4.72 Å².